The minimum absolute atomic E-state index is 0.0595. The summed E-state index contributed by atoms with van der Waals surface area (Å²) in [5, 5.41) is 15.7. The predicted octanol–water partition coefficient (Wildman–Crippen LogP) is 1.07. The summed E-state index contributed by atoms with van der Waals surface area (Å²) < 4.78 is 1.54. The molecule has 0 aliphatic carbocycles. The molecular formula is C14H16N4O3. The molecule has 0 bridgehead atoms. The highest BCUT2D eigenvalue weighted by molar-refractivity contribution is 6.03. The van der Waals surface area contributed by atoms with Crippen molar-refractivity contribution in [2.75, 3.05) is 5.32 Å². The number of benzene rings is 1. The highest BCUT2D eigenvalue weighted by Crippen LogP contribution is 2.21. The van der Waals surface area contributed by atoms with E-state index >= 15 is 0 Å². The summed E-state index contributed by atoms with van der Waals surface area (Å²) in [4.78, 5) is 23.4. The number of carboxylic acids is 1. The number of anilines is 1. The van der Waals surface area contributed by atoms with Crippen LogP contribution in [0, 0.1) is 6.92 Å². The van der Waals surface area contributed by atoms with E-state index in [-0.39, 0.29) is 11.3 Å². The van der Waals surface area contributed by atoms with Gasteiger partial charge >= 0.3 is 5.97 Å². The van der Waals surface area contributed by atoms with Gasteiger partial charge in [0.2, 0.25) is 5.91 Å². The van der Waals surface area contributed by atoms with E-state index < -0.39 is 17.9 Å². The number of carbonyl (C=O) groups excluding carboxylic acids is 1. The Kier molecular flexibility index (Phi) is 4.04. The molecule has 1 aromatic carbocycles. The summed E-state index contributed by atoms with van der Waals surface area (Å²) in [6.45, 7) is 1.67. The molecule has 21 heavy (non-hydrogen) atoms. The van der Waals surface area contributed by atoms with Gasteiger partial charge in [-0.05, 0) is 18.6 Å². The van der Waals surface area contributed by atoms with Crippen molar-refractivity contribution in [3.63, 3.8) is 0 Å². The van der Waals surface area contributed by atoms with Crippen LogP contribution in [0.4, 0.5) is 5.69 Å². The molecule has 0 spiro atoms. The first-order chi connectivity index (χ1) is 9.90. The molecule has 1 aromatic heterocycles. The topological polar surface area (TPSA) is 110 Å². The number of hydrogen-bond acceptors (Lipinski definition) is 4. The number of rotatable bonds is 4. The average Bonchev–Trinajstić information content (AvgIpc) is 2.84. The second-order valence-electron chi connectivity index (χ2n) is 4.72. The second-order valence-corrected chi connectivity index (χ2v) is 4.72. The molecule has 7 heteroatoms. The second kappa shape index (κ2) is 5.76. The highest BCUT2D eigenvalue weighted by Gasteiger charge is 2.20. The fourth-order valence-electron chi connectivity index (χ4n) is 2.02. The van der Waals surface area contributed by atoms with Gasteiger partial charge < -0.3 is 16.2 Å². The fraction of sp³-hybridized carbons (Fsp3) is 0.214. The molecule has 1 unspecified atom stereocenters. The molecular weight excluding hydrogens is 272 g/mol. The lowest BCUT2D eigenvalue weighted by atomic mass is 10.1. The largest absolute Gasteiger partial charge is 0.478 e. The molecule has 0 aliphatic rings. The number of amides is 1. The van der Waals surface area contributed by atoms with Crippen LogP contribution in [-0.4, -0.2) is 26.8 Å². The quantitative estimate of drug-likeness (QED) is 0.779. The van der Waals surface area contributed by atoms with Gasteiger partial charge in [0.05, 0.1) is 17.4 Å². The Morgan fingerprint density at radius 1 is 1.43 bits per heavy atom. The van der Waals surface area contributed by atoms with Gasteiger partial charge in [-0.25, -0.2) is 4.79 Å². The summed E-state index contributed by atoms with van der Waals surface area (Å²) in [6, 6.07) is 3.96. The zero-order chi connectivity index (χ0) is 15.6. The SMILES string of the molecule is Cc1cccc(NC(=O)C(N)c2cnn(C)c2)c1C(=O)O. The maximum Gasteiger partial charge on any atom is 0.338 e. The molecule has 0 fully saturated rings. The molecule has 1 heterocycles. The Morgan fingerprint density at radius 3 is 2.71 bits per heavy atom. The van der Waals surface area contributed by atoms with Crippen LogP contribution in [0.2, 0.25) is 0 Å². The van der Waals surface area contributed by atoms with Crippen molar-refractivity contribution in [2.24, 2.45) is 12.8 Å². The summed E-state index contributed by atoms with van der Waals surface area (Å²) in [6.07, 6.45) is 3.14. The van der Waals surface area contributed by atoms with E-state index in [1.54, 1.807) is 32.3 Å². The van der Waals surface area contributed by atoms with Crippen LogP contribution < -0.4 is 11.1 Å². The predicted molar refractivity (Wildman–Crippen MR) is 76.9 cm³/mol. The fourth-order valence-corrected chi connectivity index (χ4v) is 2.02. The van der Waals surface area contributed by atoms with Crippen LogP contribution in [0.5, 0.6) is 0 Å². The third-order valence-corrected chi connectivity index (χ3v) is 3.11. The maximum absolute atomic E-state index is 12.1. The minimum Gasteiger partial charge on any atom is -0.478 e. The number of aryl methyl sites for hydroxylation is 2. The monoisotopic (exact) mass is 288 g/mol. The first-order valence-electron chi connectivity index (χ1n) is 6.28. The Hall–Kier alpha value is -2.67. The molecule has 110 valence electrons. The van der Waals surface area contributed by atoms with E-state index in [1.165, 1.54) is 16.9 Å². The standard InChI is InChI=1S/C14H16N4O3/c1-8-4-3-5-10(11(8)14(20)21)17-13(19)12(15)9-6-16-18(2)7-9/h3-7,12H,15H2,1-2H3,(H,17,19)(H,20,21). The number of carbonyl (C=O) groups is 2. The van der Waals surface area contributed by atoms with Gasteiger partial charge in [0, 0.05) is 18.8 Å². The zero-order valence-electron chi connectivity index (χ0n) is 11.7. The van der Waals surface area contributed by atoms with E-state index in [0.717, 1.165) is 0 Å². The Labute approximate surface area is 121 Å². The maximum atomic E-state index is 12.1. The van der Waals surface area contributed by atoms with Gasteiger partial charge in [-0.3, -0.25) is 9.48 Å². The number of nitrogens with zero attached hydrogens (tertiary/aromatic N) is 2. The summed E-state index contributed by atoms with van der Waals surface area (Å²) in [5.74, 6) is -1.59. The molecule has 0 radical (unpaired) electrons. The van der Waals surface area contributed by atoms with E-state index in [2.05, 4.69) is 10.4 Å². The molecule has 0 saturated carbocycles. The van der Waals surface area contributed by atoms with Crippen LogP contribution in [0.15, 0.2) is 30.6 Å². The number of aromatic carboxylic acids is 1. The molecule has 7 nitrogen and oxygen atoms in total. The van der Waals surface area contributed by atoms with Gasteiger partial charge in [0.25, 0.3) is 0 Å². The summed E-state index contributed by atoms with van der Waals surface area (Å²) in [7, 11) is 1.72. The lowest BCUT2D eigenvalue weighted by molar-refractivity contribution is -0.117. The van der Waals surface area contributed by atoms with Crippen LogP contribution >= 0.6 is 0 Å². The third kappa shape index (κ3) is 3.09. The van der Waals surface area contributed by atoms with E-state index in [9.17, 15) is 14.7 Å². The van der Waals surface area contributed by atoms with Gasteiger partial charge in [-0.15, -0.1) is 0 Å². The van der Waals surface area contributed by atoms with Crippen molar-refractivity contribution in [3.05, 3.63) is 47.3 Å². The van der Waals surface area contributed by atoms with E-state index in [0.29, 0.717) is 11.1 Å². The molecule has 2 aromatic rings. The summed E-state index contributed by atoms with van der Waals surface area (Å²) in [5.41, 5.74) is 7.26. The number of nitrogens with one attached hydrogen (secondary N) is 1. The van der Waals surface area contributed by atoms with Crippen molar-refractivity contribution < 1.29 is 14.7 Å². The lowest BCUT2D eigenvalue weighted by Gasteiger charge is -2.13. The molecule has 1 atom stereocenters. The minimum atomic E-state index is -1.10. The first-order valence-corrected chi connectivity index (χ1v) is 6.28. The number of aromatic nitrogens is 2. The van der Waals surface area contributed by atoms with Gasteiger partial charge in [0.15, 0.2) is 0 Å². The van der Waals surface area contributed by atoms with Gasteiger partial charge in [-0.2, -0.15) is 5.10 Å². The van der Waals surface area contributed by atoms with Gasteiger partial charge in [-0.1, -0.05) is 12.1 Å². The van der Waals surface area contributed by atoms with Crippen molar-refractivity contribution in [1.29, 1.82) is 0 Å². The van der Waals surface area contributed by atoms with Gasteiger partial charge in [0.1, 0.15) is 6.04 Å². The first kappa shape index (κ1) is 14.7. The van der Waals surface area contributed by atoms with E-state index in [1.807, 2.05) is 0 Å². The molecule has 0 aliphatic heterocycles. The van der Waals surface area contributed by atoms with Crippen LogP contribution in [0.25, 0.3) is 0 Å². The van der Waals surface area contributed by atoms with Crippen molar-refractivity contribution in [3.8, 4) is 0 Å². The number of nitrogens with two attached hydrogens (primary N) is 1. The molecule has 2 rings (SSSR count). The molecule has 1 amide bonds. The van der Waals surface area contributed by atoms with Crippen LogP contribution in [-0.2, 0) is 11.8 Å². The van der Waals surface area contributed by atoms with Crippen molar-refractivity contribution in [1.82, 2.24) is 9.78 Å². The lowest BCUT2D eigenvalue weighted by Crippen LogP contribution is -2.28. The molecule has 0 saturated heterocycles. The van der Waals surface area contributed by atoms with E-state index in [4.69, 9.17) is 5.73 Å². The average molecular weight is 288 g/mol. The smallest absolute Gasteiger partial charge is 0.338 e. The Balaban J connectivity index is 2.24. The number of carboxylic acid groups (broad SMARTS) is 1. The normalized spacial score (nSPS) is 12.0. The molecule has 4 N–H and O–H groups in total. The van der Waals surface area contributed by atoms with Crippen molar-refractivity contribution in [2.45, 2.75) is 13.0 Å². The van der Waals surface area contributed by atoms with Crippen molar-refractivity contribution >= 4 is 17.6 Å². The van der Waals surface area contributed by atoms with Crippen LogP contribution in [0.1, 0.15) is 27.5 Å². The third-order valence-electron chi connectivity index (χ3n) is 3.11. The Morgan fingerprint density at radius 2 is 2.14 bits per heavy atom. The Bertz CT molecular complexity index is 693. The zero-order valence-corrected chi connectivity index (χ0v) is 11.7. The summed E-state index contributed by atoms with van der Waals surface area (Å²) >= 11 is 0. The highest BCUT2D eigenvalue weighted by atomic mass is 16.4. The number of hydrogen-bond donors (Lipinski definition) is 3. The van der Waals surface area contributed by atoms with Crippen LogP contribution in [0.3, 0.4) is 0 Å².